The molecule has 0 fully saturated rings. The summed E-state index contributed by atoms with van der Waals surface area (Å²) in [6.45, 7) is 0.551. The average Bonchev–Trinajstić information content (AvgIpc) is 2.39. The van der Waals surface area contributed by atoms with Gasteiger partial charge in [-0.1, -0.05) is 12.1 Å². The van der Waals surface area contributed by atoms with Crippen LogP contribution >= 0.6 is 24.2 Å². The average molecular weight is 306 g/mol. The molecule has 0 saturated carbocycles. The van der Waals surface area contributed by atoms with Crippen LogP contribution in [-0.2, 0) is 11.3 Å². The minimum atomic E-state index is -0.794. The minimum Gasteiger partial charge on any atom is -0.497 e. The summed E-state index contributed by atoms with van der Waals surface area (Å²) < 4.78 is 5.07. The molecule has 0 spiro atoms. The molecule has 108 valence electrons. The maximum absolute atomic E-state index is 11.0. The van der Waals surface area contributed by atoms with E-state index in [0.717, 1.165) is 17.1 Å². The van der Waals surface area contributed by atoms with Crippen LogP contribution in [0.1, 0.15) is 12.0 Å². The molecule has 1 atom stereocenters. The Hall–Kier alpha value is -0.910. The van der Waals surface area contributed by atoms with E-state index in [0.29, 0.717) is 13.0 Å². The van der Waals surface area contributed by atoms with Gasteiger partial charge in [0.1, 0.15) is 11.8 Å². The third-order valence-electron chi connectivity index (χ3n) is 2.62. The summed E-state index contributed by atoms with van der Waals surface area (Å²) in [5.74, 6) is 0.848. The van der Waals surface area contributed by atoms with Gasteiger partial charge in [-0.3, -0.25) is 4.79 Å². The van der Waals surface area contributed by atoms with Crippen molar-refractivity contribution in [2.24, 2.45) is 0 Å². The number of rotatable bonds is 8. The number of hydrogen-bond donors (Lipinski definition) is 2. The first kappa shape index (κ1) is 18.1. The normalized spacial score (nSPS) is 11.5. The number of aliphatic carboxylic acids is 1. The van der Waals surface area contributed by atoms with Gasteiger partial charge in [0.15, 0.2) is 0 Å². The van der Waals surface area contributed by atoms with Gasteiger partial charge in [0.25, 0.3) is 0 Å². The zero-order valence-electron chi connectivity index (χ0n) is 11.1. The Morgan fingerprint density at radius 1 is 1.42 bits per heavy atom. The summed E-state index contributed by atoms with van der Waals surface area (Å²) in [7, 11) is 1.62. The van der Waals surface area contributed by atoms with E-state index in [-0.39, 0.29) is 12.4 Å². The first-order valence-corrected chi connectivity index (χ1v) is 7.14. The van der Waals surface area contributed by atoms with E-state index in [4.69, 9.17) is 9.84 Å². The number of carboxylic acids is 1. The predicted molar refractivity (Wildman–Crippen MR) is 81.5 cm³/mol. The second-order valence-corrected chi connectivity index (χ2v) is 4.89. The molecule has 1 unspecified atom stereocenters. The van der Waals surface area contributed by atoms with Gasteiger partial charge in [-0.2, -0.15) is 11.8 Å². The second-order valence-electron chi connectivity index (χ2n) is 3.90. The number of methoxy groups -OCH3 is 1. The topological polar surface area (TPSA) is 58.6 Å². The highest BCUT2D eigenvalue weighted by molar-refractivity contribution is 7.98. The molecule has 19 heavy (non-hydrogen) atoms. The summed E-state index contributed by atoms with van der Waals surface area (Å²) in [5, 5.41) is 12.1. The van der Waals surface area contributed by atoms with Crippen molar-refractivity contribution in [1.29, 1.82) is 0 Å². The second kappa shape index (κ2) is 9.95. The SMILES string of the molecule is COc1ccc(CNC(CCSC)C(=O)O)cc1.Cl. The fraction of sp³-hybridized carbons (Fsp3) is 0.462. The quantitative estimate of drug-likeness (QED) is 0.772. The molecule has 0 radical (unpaired) electrons. The summed E-state index contributed by atoms with van der Waals surface area (Å²) in [5.41, 5.74) is 1.05. The number of carbonyl (C=O) groups is 1. The summed E-state index contributed by atoms with van der Waals surface area (Å²) >= 11 is 1.65. The van der Waals surface area contributed by atoms with Crippen molar-refractivity contribution in [3.63, 3.8) is 0 Å². The molecule has 0 aliphatic rings. The molecule has 2 N–H and O–H groups in total. The number of benzene rings is 1. The first-order valence-electron chi connectivity index (χ1n) is 5.75. The maximum Gasteiger partial charge on any atom is 0.320 e. The van der Waals surface area contributed by atoms with Crippen LogP contribution in [0.2, 0.25) is 0 Å². The van der Waals surface area contributed by atoms with Crippen molar-refractivity contribution >= 4 is 30.1 Å². The van der Waals surface area contributed by atoms with Gasteiger partial charge >= 0.3 is 5.97 Å². The van der Waals surface area contributed by atoms with Gasteiger partial charge in [-0.25, -0.2) is 0 Å². The van der Waals surface area contributed by atoms with Crippen LogP contribution in [0.5, 0.6) is 5.75 Å². The van der Waals surface area contributed by atoms with Crippen molar-refractivity contribution < 1.29 is 14.6 Å². The lowest BCUT2D eigenvalue weighted by Gasteiger charge is -2.14. The van der Waals surface area contributed by atoms with Crippen LogP contribution in [0, 0.1) is 0 Å². The number of nitrogens with one attached hydrogen (secondary N) is 1. The van der Waals surface area contributed by atoms with Crippen molar-refractivity contribution in [1.82, 2.24) is 5.32 Å². The molecule has 1 rings (SSSR count). The molecule has 0 aliphatic heterocycles. The molecule has 1 aromatic carbocycles. The molecule has 0 saturated heterocycles. The van der Waals surface area contributed by atoms with Crippen LogP contribution in [0.4, 0.5) is 0 Å². The molecule has 0 amide bonds. The molecule has 0 aliphatic carbocycles. The van der Waals surface area contributed by atoms with E-state index in [9.17, 15) is 4.79 Å². The van der Waals surface area contributed by atoms with Crippen LogP contribution in [0.25, 0.3) is 0 Å². The molecular weight excluding hydrogens is 286 g/mol. The third-order valence-corrected chi connectivity index (χ3v) is 3.26. The number of ether oxygens (including phenoxy) is 1. The van der Waals surface area contributed by atoms with Crippen LogP contribution in [0.3, 0.4) is 0 Å². The Labute approximate surface area is 124 Å². The zero-order chi connectivity index (χ0) is 13.4. The smallest absolute Gasteiger partial charge is 0.320 e. The highest BCUT2D eigenvalue weighted by atomic mass is 35.5. The molecule has 0 bridgehead atoms. The first-order chi connectivity index (χ1) is 8.67. The van der Waals surface area contributed by atoms with E-state index < -0.39 is 12.0 Å². The third kappa shape index (κ3) is 6.71. The lowest BCUT2D eigenvalue weighted by atomic mass is 10.2. The molecule has 0 aromatic heterocycles. The molecule has 6 heteroatoms. The van der Waals surface area contributed by atoms with E-state index >= 15 is 0 Å². The number of hydrogen-bond acceptors (Lipinski definition) is 4. The highest BCUT2D eigenvalue weighted by Gasteiger charge is 2.15. The zero-order valence-corrected chi connectivity index (χ0v) is 12.7. The Morgan fingerprint density at radius 2 is 2.05 bits per heavy atom. The van der Waals surface area contributed by atoms with Gasteiger partial charge in [0.2, 0.25) is 0 Å². The number of halogens is 1. The van der Waals surface area contributed by atoms with Crippen LogP contribution in [0.15, 0.2) is 24.3 Å². The standard InChI is InChI=1S/C13H19NO3S.ClH/c1-17-11-5-3-10(4-6-11)9-14-12(13(15)16)7-8-18-2;/h3-6,12,14H,7-9H2,1-2H3,(H,15,16);1H. The van der Waals surface area contributed by atoms with Gasteiger partial charge in [0.05, 0.1) is 7.11 Å². The van der Waals surface area contributed by atoms with E-state index in [2.05, 4.69) is 5.32 Å². The van der Waals surface area contributed by atoms with E-state index in [1.165, 1.54) is 0 Å². The highest BCUT2D eigenvalue weighted by Crippen LogP contribution is 2.11. The molecule has 1 aromatic rings. The van der Waals surface area contributed by atoms with Gasteiger partial charge < -0.3 is 15.2 Å². The summed E-state index contributed by atoms with van der Waals surface area (Å²) in [4.78, 5) is 11.0. The Kier molecular flexibility index (Phi) is 9.47. The van der Waals surface area contributed by atoms with Crippen molar-refractivity contribution in [2.45, 2.75) is 19.0 Å². The Balaban J connectivity index is 0.00000324. The number of carboxylic acid groups (broad SMARTS) is 1. The summed E-state index contributed by atoms with van der Waals surface area (Å²) in [6, 6.07) is 7.11. The van der Waals surface area contributed by atoms with Crippen molar-refractivity contribution in [3.8, 4) is 5.75 Å². The lowest BCUT2D eigenvalue weighted by molar-refractivity contribution is -0.139. The fourth-order valence-corrected chi connectivity index (χ4v) is 2.00. The van der Waals surface area contributed by atoms with Crippen molar-refractivity contribution in [3.05, 3.63) is 29.8 Å². The maximum atomic E-state index is 11.0. The monoisotopic (exact) mass is 305 g/mol. The van der Waals surface area contributed by atoms with Crippen LogP contribution < -0.4 is 10.1 Å². The molecule has 0 heterocycles. The Morgan fingerprint density at radius 3 is 2.53 bits per heavy atom. The molecule has 4 nitrogen and oxygen atoms in total. The van der Waals surface area contributed by atoms with E-state index in [1.54, 1.807) is 18.9 Å². The van der Waals surface area contributed by atoms with Gasteiger partial charge in [0, 0.05) is 6.54 Å². The fourth-order valence-electron chi connectivity index (χ4n) is 1.53. The predicted octanol–water partition coefficient (Wildman–Crippen LogP) is 2.41. The van der Waals surface area contributed by atoms with Crippen molar-refractivity contribution in [2.75, 3.05) is 19.1 Å². The van der Waals surface area contributed by atoms with Gasteiger partial charge in [-0.05, 0) is 36.1 Å². The van der Waals surface area contributed by atoms with Gasteiger partial charge in [-0.15, -0.1) is 12.4 Å². The molecular formula is C13H20ClNO3S. The van der Waals surface area contributed by atoms with E-state index in [1.807, 2.05) is 30.5 Å². The largest absolute Gasteiger partial charge is 0.497 e. The lowest BCUT2D eigenvalue weighted by Crippen LogP contribution is -2.36. The summed E-state index contributed by atoms with van der Waals surface area (Å²) in [6.07, 6.45) is 2.61. The minimum absolute atomic E-state index is 0. The van der Waals surface area contributed by atoms with Crippen LogP contribution in [-0.4, -0.2) is 36.2 Å². The number of thioether (sulfide) groups is 1. The Bertz CT molecular complexity index is 373.